The van der Waals surface area contributed by atoms with Crippen molar-refractivity contribution in [3.05, 3.63) is 75.8 Å². The summed E-state index contributed by atoms with van der Waals surface area (Å²) in [4.78, 5) is 4.67. The third-order valence-corrected chi connectivity index (χ3v) is 5.70. The standard InChI is InChI=1S/C21H23Cl2N3S/c22-19-9-8-18(15-20(19)23)16-24-21(27)26-13-11-25(12-14-26)10-4-7-17-5-2-1-3-6-17/h1-9,15H,10-14,16H2,(H,24,27). The van der Waals surface area contributed by atoms with Crippen molar-refractivity contribution in [1.82, 2.24) is 15.1 Å². The highest BCUT2D eigenvalue weighted by Gasteiger charge is 2.17. The predicted molar refractivity (Wildman–Crippen MR) is 119 cm³/mol. The van der Waals surface area contributed by atoms with Crippen molar-refractivity contribution in [3.8, 4) is 0 Å². The predicted octanol–water partition coefficient (Wildman–Crippen LogP) is 4.70. The normalized spacial score (nSPS) is 15.3. The topological polar surface area (TPSA) is 18.5 Å². The van der Waals surface area contributed by atoms with Crippen molar-refractivity contribution in [1.29, 1.82) is 0 Å². The van der Waals surface area contributed by atoms with Gasteiger partial charge in [0.05, 0.1) is 10.0 Å². The van der Waals surface area contributed by atoms with E-state index in [4.69, 9.17) is 35.4 Å². The van der Waals surface area contributed by atoms with Crippen molar-refractivity contribution in [2.75, 3.05) is 32.7 Å². The third kappa shape index (κ3) is 6.22. The van der Waals surface area contributed by atoms with E-state index in [1.54, 1.807) is 0 Å². The van der Waals surface area contributed by atoms with Crippen LogP contribution in [0.5, 0.6) is 0 Å². The van der Waals surface area contributed by atoms with Crippen LogP contribution in [0.1, 0.15) is 11.1 Å². The van der Waals surface area contributed by atoms with Gasteiger partial charge in [0.2, 0.25) is 0 Å². The Morgan fingerprint density at radius 2 is 1.74 bits per heavy atom. The molecular weight excluding hydrogens is 397 g/mol. The Labute approximate surface area is 176 Å². The molecule has 0 aliphatic carbocycles. The van der Waals surface area contributed by atoms with Crippen molar-refractivity contribution in [2.24, 2.45) is 0 Å². The molecule has 0 unspecified atom stereocenters. The van der Waals surface area contributed by atoms with Crippen LogP contribution < -0.4 is 5.32 Å². The minimum Gasteiger partial charge on any atom is -0.358 e. The van der Waals surface area contributed by atoms with Gasteiger partial charge in [-0.15, -0.1) is 0 Å². The molecule has 1 heterocycles. The van der Waals surface area contributed by atoms with E-state index in [2.05, 4.69) is 51.5 Å². The van der Waals surface area contributed by atoms with Crippen LogP contribution in [0.3, 0.4) is 0 Å². The zero-order valence-corrected chi connectivity index (χ0v) is 17.4. The highest BCUT2D eigenvalue weighted by molar-refractivity contribution is 7.80. The molecule has 3 nitrogen and oxygen atoms in total. The van der Waals surface area contributed by atoms with E-state index in [9.17, 15) is 0 Å². The maximum Gasteiger partial charge on any atom is 0.169 e. The van der Waals surface area contributed by atoms with Crippen molar-refractivity contribution >= 4 is 46.6 Å². The minimum atomic E-state index is 0.569. The zero-order valence-electron chi connectivity index (χ0n) is 15.1. The fourth-order valence-corrected chi connectivity index (χ4v) is 3.55. The summed E-state index contributed by atoms with van der Waals surface area (Å²) >= 11 is 17.6. The van der Waals surface area contributed by atoms with Crippen molar-refractivity contribution < 1.29 is 0 Å². The molecule has 1 fully saturated rings. The molecule has 3 rings (SSSR count). The van der Waals surface area contributed by atoms with Gasteiger partial charge in [0.15, 0.2) is 5.11 Å². The van der Waals surface area contributed by atoms with Crippen molar-refractivity contribution in [2.45, 2.75) is 6.54 Å². The summed E-state index contributed by atoms with van der Waals surface area (Å²) in [6, 6.07) is 16.0. The van der Waals surface area contributed by atoms with Crippen molar-refractivity contribution in [3.63, 3.8) is 0 Å². The summed E-state index contributed by atoms with van der Waals surface area (Å²) in [6.07, 6.45) is 4.40. The number of hydrogen-bond acceptors (Lipinski definition) is 2. The molecule has 0 spiro atoms. The van der Waals surface area contributed by atoms with Gasteiger partial charge in [-0.05, 0) is 35.5 Å². The average Bonchev–Trinajstić information content (AvgIpc) is 2.70. The lowest BCUT2D eigenvalue weighted by molar-refractivity contribution is 0.197. The summed E-state index contributed by atoms with van der Waals surface area (Å²) in [6.45, 7) is 5.50. The van der Waals surface area contributed by atoms with Gasteiger partial charge in [0, 0.05) is 39.3 Å². The van der Waals surface area contributed by atoms with Crippen LogP contribution in [-0.4, -0.2) is 47.6 Å². The zero-order chi connectivity index (χ0) is 19.1. The quantitative estimate of drug-likeness (QED) is 0.707. The molecule has 2 aromatic carbocycles. The van der Waals surface area contributed by atoms with Gasteiger partial charge in [-0.2, -0.15) is 0 Å². The molecule has 1 aliphatic heterocycles. The molecular formula is C21H23Cl2N3S. The minimum absolute atomic E-state index is 0.569. The maximum absolute atomic E-state index is 6.06. The van der Waals surface area contributed by atoms with Gasteiger partial charge in [-0.3, -0.25) is 4.90 Å². The number of nitrogens with zero attached hydrogens (tertiary/aromatic N) is 2. The molecule has 142 valence electrons. The van der Waals surface area contributed by atoms with E-state index in [0.717, 1.165) is 43.4 Å². The molecule has 0 atom stereocenters. The SMILES string of the molecule is S=C(NCc1ccc(Cl)c(Cl)c1)N1CCN(CC=Cc2ccccc2)CC1. The number of nitrogens with one attached hydrogen (secondary N) is 1. The van der Waals surface area contributed by atoms with Crippen LogP contribution in [-0.2, 0) is 6.54 Å². The number of hydrogen-bond donors (Lipinski definition) is 1. The van der Waals surface area contributed by atoms with Crippen LogP contribution in [0.4, 0.5) is 0 Å². The molecule has 6 heteroatoms. The monoisotopic (exact) mass is 419 g/mol. The Morgan fingerprint density at radius 3 is 2.44 bits per heavy atom. The molecule has 1 saturated heterocycles. The largest absolute Gasteiger partial charge is 0.358 e. The van der Waals surface area contributed by atoms with Crippen LogP contribution in [0.25, 0.3) is 6.08 Å². The second kappa shape index (κ2) is 10.1. The molecule has 27 heavy (non-hydrogen) atoms. The smallest absolute Gasteiger partial charge is 0.169 e. The lowest BCUT2D eigenvalue weighted by atomic mass is 10.2. The van der Waals surface area contributed by atoms with Crippen LogP contribution in [0.15, 0.2) is 54.6 Å². The number of thiocarbonyl (C=S) groups is 1. The van der Waals surface area contributed by atoms with E-state index in [1.165, 1.54) is 5.56 Å². The van der Waals surface area contributed by atoms with Gasteiger partial charge >= 0.3 is 0 Å². The Morgan fingerprint density at radius 1 is 1.00 bits per heavy atom. The van der Waals surface area contributed by atoms with Gasteiger partial charge < -0.3 is 10.2 Å². The molecule has 2 aromatic rings. The molecule has 0 aromatic heterocycles. The first-order valence-electron chi connectivity index (χ1n) is 9.02. The van der Waals surface area contributed by atoms with Crippen LogP contribution >= 0.6 is 35.4 Å². The molecule has 0 saturated carbocycles. The van der Waals surface area contributed by atoms with Gasteiger partial charge in [-0.25, -0.2) is 0 Å². The summed E-state index contributed by atoms with van der Waals surface area (Å²) in [5.74, 6) is 0. The van der Waals surface area contributed by atoms with E-state index in [1.807, 2.05) is 24.3 Å². The first kappa shape index (κ1) is 20.2. The van der Waals surface area contributed by atoms with E-state index in [0.29, 0.717) is 16.6 Å². The summed E-state index contributed by atoms with van der Waals surface area (Å²) in [5, 5.41) is 5.25. The second-order valence-electron chi connectivity index (χ2n) is 6.51. The van der Waals surface area contributed by atoms with Gasteiger partial charge in [0.1, 0.15) is 0 Å². The highest BCUT2D eigenvalue weighted by atomic mass is 35.5. The average molecular weight is 420 g/mol. The van der Waals surface area contributed by atoms with E-state index < -0.39 is 0 Å². The molecule has 1 N–H and O–H groups in total. The Bertz CT molecular complexity index is 787. The molecule has 0 bridgehead atoms. The molecule has 0 amide bonds. The first-order valence-corrected chi connectivity index (χ1v) is 10.2. The summed E-state index contributed by atoms with van der Waals surface area (Å²) in [5.41, 5.74) is 2.31. The first-order chi connectivity index (χ1) is 13.1. The second-order valence-corrected chi connectivity index (χ2v) is 7.71. The summed E-state index contributed by atoms with van der Waals surface area (Å²) < 4.78 is 0. The maximum atomic E-state index is 6.06. The fourth-order valence-electron chi connectivity index (χ4n) is 2.97. The number of halogens is 2. The number of piperazine rings is 1. The van der Waals surface area contributed by atoms with Gasteiger partial charge in [0.25, 0.3) is 0 Å². The lowest BCUT2D eigenvalue weighted by Gasteiger charge is -2.35. The Balaban J connectivity index is 1.39. The molecule has 1 aliphatic rings. The van der Waals surface area contributed by atoms with Crippen LogP contribution in [0, 0.1) is 0 Å². The summed E-state index contributed by atoms with van der Waals surface area (Å²) in [7, 11) is 0. The molecule has 0 radical (unpaired) electrons. The Kier molecular flexibility index (Phi) is 7.53. The number of rotatable bonds is 5. The van der Waals surface area contributed by atoms with Gasteiger partial charge in [-0.1, -0.05) is 71.8 Å². The number of benzene rings is 2. The highest BCUT2D eigenvalue weighted by Crippen LogP contribution is 2.22. The van der Waals surface area contributed by atoms with E-state index >= 15 is 0 Å². The fraction of sp³-hybridized carbons (Fsp3) is 0.286. The Hall–Kier alpha value is -1.59. The lowest BCUT2D eigenvalue weighted by Crippen LogP contribution is -2.51. The van der Waals surface area contributed by atoms with Crippen LogP contribution in [0.2, 0.25) is 10.0 Å². The third-order valence-electron chi connectivity index (χ3n) is 4.56. The van der Waals surface area contributed by atoms with E-state index in [-0.39, 0.29) is 0 Å².